The van der Waals surface area contributed by atoms with Crippen molar-refractivity contribution in [2.75, 3.05) is 20.1 Å². The summed E-state index contributed by atoms with van der Waals surface area (Å²) in [4.78, 5) is 6.89. The fourth-order valence-corrected chi connectivity index (χ4v) is 3.08. The van der Waals surface area contributed by atoms with Gasteiger partial charge in [0, 0.05) is 24.2 Å². The Hall–Kier alpha value is -1.16. The van der Waals surface area contributed by atoms with Gasteiger partial charge < -0.3 is 5.32 Å². The first kappa shape index (κ1) is 16.2. The zero-order valence-corrected chi connectivity index (χ0v) is 13.4. The SMILES string of the molecule is CN(Cc1ccc2ncccc2c1)C1CCCNCC1.Cl. The Morgan fingerprint density at radius 1 is 1.24 bits per heavy atom. The first-order valence-corrected chi connectivity index (χ1v) is 7.57. The zero-order chi connectivity index (χ0) is 13.8. The molecule has 0 spiro atoms. The average molecular weight is 306 g/mol. The molecular weight excluding hydrogens is 282 g/mol. The van der Waals surface area contributed by atoms with Crippen LogP contribution in [0.15, 0.2) is 36.5 Å². The third-order valence-corrected chi connectivity index (χ3v) is 4.27. The Morgan fingerprint density at radius 3 is 3.05 bits per heavy atom. The van der Waals surface area contributed by atoms with Gasteiger partial charge >= 0.3 is 0 Å². The normalized spacial score (nSPS) is 19.2. The van der Waals surface area contributed by atoms with Crippen LogP contribution in [0.1, 0.15) is 24.8 Å². The summed E-state index contributed by atoms with van der Waals surface area (Å²) in [6.45, 7) is 3.35. The number of nitrogens with one attached hydrogen (secondary N) is 1. The van der Waals surface area contributed by atoms with Gasteiger partial charge in [0.1, 0.15) is 0 Å². The summed E-state index contributed by atoms with van der Waals surface area (Å²) < 4.78 is 0. The minimum Gasteiger partial charge on any atom is -0.317 e. The van der Waals surface area contributed by atoms with Crippen molar-refractivity contribution in [1.29, 1.82) is 0 Å². The molecule has 1 aromatic carbocycles. The summed E-state index contributed by atoms with van der Waals surface area (Å²) in [7, 11) is 2.25. The van der Waals surface area contributed by atoms with Crippen LogP contribution in [0.4, 0.5) is 0 Å². The van der Waals surface area contributed by atoms with Gasteiger partial charge in [-0.05, 0) is 63.2 Å². The Bertz CT molecular complexity index is 565. The summed E-state index contributed by atoms with van der Waals surface area (Å²) in [5, 5.41) is 4.72. The lowest BCUT2D eigenvalue weighted by atomic mass is 10.1. The molecular formula is C17H24ClN3. The van der Waals surface area contributed by atoms with Crippen molar-refractivity contribution in [2.24, 2.45) is 0 Å². The summed E-state index contributed by atoms with van der Waals surface area (Å²) >= 11 is 0. The standard InChI is InChI=1S/C17H23N3.ClH/c1-20(16-5-3-9-18-11-8-16)13-14-6-7-17-15(12-14)4-2-10-19-17;/h2,4,6-7,10,12,16,18H,3,5,8-9,11,13H2,1H3;1H. The number of nitrogens with zero attached hydrogens (tertiary/aromatic N) is 2. The van der Waals surface area contributed by atoms with Crippen LogP contribution in [-0.4, -0.2) is 36.1 Å². The molecule has 1 saturated heterocycles. The van der Waals surface area contributed by atoms with Gasteiger partial charge in [-0.1, -0.05) is 12.1 Å². The van der Waals surface area contributed by atoms with Crippen molar-refractivity contribution >= 4 is 23.3 Å². The third kappa shape index (κ3) is 4.16. The summed E-state index contributed by atoms with van der Waals surface area (Å²) in [6.07, 6.45) is 5.70. The van der Waals surface area contributed by atoms with Gasteiger partial charge in [0.25, 0.3) is 0 Å². The van der Waals surface area contributed by atoms with E-state index >= 15 is 0 Å². The van der Waals surface area contributed by atoms with Crippen LogP contribution in [0.25, 0.3) is 10.9 Å². The van der Waals surface area contributed by atoms with Crippen molar-refractivity contribution in [3.8, 4) is 0 Å². The minimum absolute atomic E-state index is 0. The molecule has 3 nitrogen and oxygen atoms in total. The van der Waals surface area contributed by atoms with Crippen LogP contribution in [0.3, 0.4) is 0 Å². The quantitative estimate of drug-likeness (QED) is 0.943. The van der Waals surface area contributed by atoms with Crippen molar-refractivity contribution in [1.82, 2.24) is 15.2 Å². The van der Waals surface area contributed by atoms with E-state index in [9.17, 15) is 0 Å². The highest BCUT2D eigenvalue weighted by molar-refractivity contribution is 5.85. The summed E-state index contributed by atoms with van der Waals surface area (Å²) in [6, 6.07) is 11.5. The predicted octanol–water partition coefficient (Wildman–Crippen LogP) is 3.23. The topological polar surface area (TPSA) is 28.2 Å². The molecule has 0 bridgehead atoms. The van der Waals surface area contributed by atoms with E-state index in [1.165, 1.54) is 36.8 Å². The second-order valence-electron chi connectivity index (χ2n) is 5.78. The van der Waals surface area contributed by atoms with E-state index in [1.807, 2.05) is 12.3 Å². The van der Waals surface area contributed by atoms with Gasteiger partial charge in [-0.2, -0.15) is 0 Å². The van der Waals surface area contributed by atoms with Gasteiger partial charge in [0.05, 0.1) is 5.52 Å². The molecule has 1 unspecified atom stereocenters. The fourth-order valence-electron chi connectivity index (χ4n) is 3.08. The van der Waals surface area contributed by atoms with E-state index in [-0.39, 0.29) is 12.4 Å². The van der Waals surface area contributed by atoms with Crippen molar-refractivity contribution in [3.05, 3.63) is 42.1 Å². The summed E-state index contributed by atoms with van der Waals surface area (Å²) in [5.74, 6) is 0. The van der Waals surface area contributed by atoms with Crippen LogP contribution in [0.2, 0.25) is 0 Å². The van der Waals surface area contributed by atoms with Crippen molar-refractivity contribution < 1.29 is 0 Å². The van der Waals surface area contributed by atoms with E-state index in [1.54, 1.807) is 0 Å². The van der Waals surface area contributed by atoms with E-state index in [0.29, 0.717) is 6.04 Å². The van der Waals surface area contributed by atoms with Crippen molar-refractivity contribution in [2.45, 2.75) is 31.8 Å². The molecule has 1 aromatic heterocycles. The number of hydrogen-bond donors (Lipinski definition) is 1. The first-order chi connectivity index (χ1) is 9.83. The Morgan fingerprint density at radius 2 is 2.14 bits per heavy atom. The van der Waals surface area contributed by atoms with Crippen LogP contribution >= 0.6 is 12.4 Å². The highest BCUT2D eigenvalue weighted by Gasteiger charge is 2.16. The maximum atomic E-state index is 4.38. The van der Waals surface area contributed by atoms with Crippen molar-refractivity contribution in [3.63, 3.8) is 0 Å². The lowest BCUT2D eigenvalue weighted by Gasteiger charge is -2.27. The molecule has 0 amide bonds. The number of benzene rings is 1. The highest BCUT2D eigenvalue weighted by Crippen LogP contribution is 2.18. The number of halogens is 1. The second kappa shape index (κ2) is 7.74. The van der Waals surface area contributed by atoms with Gasteiger partial charge in [-0.15, -0.1) is 12.4 Å². The molecule has 4 heteroatoms. The molecule has 1 aliphatic rings. The number of pyridine rings is 1. The number of aromatic nitrogens is 1. The maximum absolute atomic E-state index is 4.38. The van der Waals surface area contributed by atoms with Gasteiger partial charge in [-0.25, -0.2) is 0 Å². The predicted molar refractivity (Wildman–Crippen MR) is 91.0 cm³/mol. The fraction of sp³-hybridized carbons (Fsp3) is 0.471. The molecule has 0 radical (unpaired) electrons. The molecule has 2 aromatic rings. The van der Waals surface area contributed by atoms with E-state index in [2.05, 4.69) is 46.5 Å². The Balaban J connectivity index is 0.00000161. The van der Waals surface area contributed by atoms with E-state index in [4.69, 9.17) is 0 Å². The molecule has 1 aliphatic heterocycles. The largest absolute Gasteiger partial charge is 0.317 e. The second-order valence-corrected chi connectivity index (χ2v) is 5.78. The molecule has 0 saturated carbocycles. The summed E-state index contributed by atoms with van der Waals surface area (Å²) in [5.41, 5.74) is 2.46. The molecule has 3 rings (SSSR count). The number of fused-ring (bicyclic) bond motifs is 1. The highest BCUT2D eigenvalue weighted by atomic mass is 35.5. The Kier molecular flexibility index (Phi) is 5.97. The molecule has 2 heterocycles. The monoisotopic (exact) mass is 305 g/mol. The van der Waals surface area contributed by atoms with Gasteiger partial charge in [-0.3, -0.25) is 9.88 Å². The molecule has 1 fully saturated rings. The van der Waals surface area contributed by atoms with E-state index in [0.717, 1.165) is 18.6 Å². The molecule has 1 atom stereocenters. The third-order valence-electron chi connectivity index (χ3n) is 4.27. The molecule has 1 N–H and O–H groups in total. The zero-order valence-electron chi connectivity index (χ0n) is 12.6. The smallest absolute Gasteiger partial charge is 0.0702 e. The van der Waals surface area contributed by atoms with Crippen LogP contribution < -0.4 is 5.32 Å². The first-order valence-electron chi connectivity index (χ1n) is 7.57. The minimum atomic E-state index is 0. The van der Waals surface area contributed by atoms with Gasteiger partial charge in [0.2, 0.25) is 0 Å². The lowest BCUT2D eigenvalue weighted by molar-refractivity contribution is 0.216. The average Bonchev–Trinajstić information content (AvgIpc) is 2.76. The Labute approximate surface area is 133 Å². The van der Waals surface area contributed by atoms with E-state index < -0.39 is 0 Å². The van der Waals surface area contributed by atoms with Crippen LogP contribution in [0, 0.1) is 0 Å². The number of hydrogen-bond acceptors (Lipinski definition) is 3. The number of rotatable bonds is 3. The molecule has 114 valence electrons. The van der Waals surface area contributed by atoms with Crippen LogP contribution in [-0.2, 0) is 6.54 Å². The molecule has 21 heavy (non-hydrogen) atoms. The van der Waals surface area contributed by atoms with Gasteiger partial charge in [0.15, 0.2) is 0 Å². The lowest BCUT2D eigenvalue weighted by Crippen LogP contribution is -2.31. The maximum Gasteiger partial charge on any atom is 0.0702 e. The van der Waals surface area contributed by atoms with Crippen LogP contribution in [0.5, 0.6) is 0 Å². The molecule has 0 aliphatic carbocycles.